The van der Waals surface area contributed by atoms with Gasteiger partial charge in [-0.3, -0.25) is 4.79 Å². The number of nitrogens with zero attached hydrogens (tertiary/aromatic N) is 2. The lowest BCUT2D eigenvalue weighted by molar-refractivity contribution is -0.125. The molecule has 1 aromatic carbocycles. The van der Waals surface area contributed by atoms with Gasteiger partial charge in [0.1, 0.15) is 23.3 Å². The lowest BCUT2D eigenvalue weighted by Gasteiger charge is -2.29. The Balaban J connectivity index is 1.47. The fourth-order valence-corrected chi connectivity index (χ4v) is 6.65. The van der Waals surface area contributed by atoms with Crippen LogP contribution in [0, 0.1) is 35.0 Å². The molecule has 1 aromatic heterocycles. The molecular formula is C34H52N4O4. The van der Waals surface area contributed by atoms with Gasteiger partial charge in [-0.1, -0.05) is 53.9 Å². The summed E-state index contributed by atoms with van der Waals surface area (Å²) in [4.78, 5) is 34.7. The summed E-state index contributed by atoms with van der Waals surface area (Å²) in [5.74, 6) is 4.72. The topological polar surface area (TPSA) is 116 Å². The summed E-state index contributed by atoms with van der Waals surface area (Å²) in [6, 6.07) is 5.00. The number of carbonyl (C=O) groups excluding carboxylic acids is 2. The molecule has 0 bridgehead atoms. The first-order chi connectivity index (χ1) is 19.9. The zero-order chi connectivity index (χ0) is 30.6. The quantitative estimate of drug-likeness (QED) is 0.253. The number of carbonyl (C=O) groups is 2. The smallest absolute Gasteiger partial charge is 0.237 e. The van der Waals surface area contributed by atoms with Crippen LogP contribution < -0.4 is 20.5 Å². The predicted octanol–water partition coefficient (Wildman–Crippen LogP) is 5.89. The average molecular weight is 581 g/mol. The fraction of sp³-hybridized carbons (Fsp3) is 0.706. The lowest BCUT2D eigenvalue weighted by Crippen LogP contribution is -2.51. The molecule has 2 aliphatic rings. The summed E-state index contributed by atoms with van der Waals surface area (Å²) >= 11 is 0. The number of ether oxygens (including phenoxy) is 2. The molecule has 1 amide bonds. The molecule has 0 aliphatic heterocycles. The number of hydrogen-bond donors (Lipinski definition) is 2. The van der Waals surface area contributed by atoms with Gasteiger partial charge in [0, 0.05) is 18.4 Å². The molecule has 2 unspecified atom stereocenters. The van der Waals surface area contributed by atoms with E-state index in [0.717, 1.165) is 54.1 Å². The Kier molecular flexibility index (Phi) is 10.5. The van der Waals surface area contributed by atoms with Crippen LogP contribution in [-0.2, 0) is 16.0 Å². The van der Waals surface area contributed by atoms with E-state index in [1.54, 1.807) is 14.0 Å². The van der Waals surface area contributed by atoms with Crippen molar-refractivity contribution in [3.05, 3.63) is 23.9 Å². The van der Waals surface area contributed by atoms with Crippen molar-refractivity contribution in [1.29, 1.82) is 0 Å². The Labute approximate surface area is 251 Å². The highest BCUT2D eigenvalue weighted by Gasteiger charge is 2.52. The van der Waals surface area contributed by atoms with E-state index in [2.05, 4.69) is 12.2 Å². The van der Waals surface area contributed by atoms with Gasteiger partial charge in [-0.15, -0.1) is 0 Å². The highest BCUT2D eigenvalue weighted by atomic mass is 16.5. The Bertz CT molecular complexity index is 1230. The first-order valence-electron chi connectivity index (χ1n) is 15.9. The average Bonchev–Trinajstić information content (AvgIpc) is 3.31. The largest absolute Gasteiger partial charge is 0.497 e. The molecule has 0 saturated heterocycles. The number of Topliss-reactive ketones (excluding diaryl/α,β-unsaturated/α-hetero) is 1. The predicted molar refractivity (Wildman–Crippen MR) is 166 cm³/mol. The van der Waals surface area contributed by atoms with Crippen LogP contribution in [-0.4, -0.2) is 47.5 Å². The first kappa shape index (κ1) is 32.2. The number of unbranched alkanes of at least 4 members (excludes halogenated alkanes) is 2. The van der Waals surface area contributed by atoms with Crippen LogP contribution in [0.1, 0.15) is 92.2 Å². The van der Waals surface area contributed by atoms with Crippen molar-refractivity contribution < 1.29 is 19.1 Å². The molecule has 8 heteroatoms. The van der Waals surface area contributed by atoms with Gasteiger partial charge in [0.15, 0.2) is 0 Å². The van der Waals surface area contributed by atoms with E-state index in [1.165, 1.54) is 25.7 Å². The van der Waals surface area contributed by atoms with Crippen molar-refractivity contribution in [2.45, 2.75) is 105 Å². The van der Waals surface area contributed by atoms with Gasteiger partial charge in [-0.2, -0.15) is 0 Å². The number of rotatable bonds is 15. The van der Waals surface area contributed by atoms with Gasteiger partial charge in [0.05, 0.1) is 30.7 Å². The Morgan fingerprint density at radius 3 is 2.45 bits per heavy atom. The summed E-state index contributed by atoms with van der Waals surface area (Å²) in [5.41, 5.74) is 8.09. The minimum Gasteiger partial charge on any atom is -0.497 e. The first-order valence-corrected chi connectivity index (χ1v) is 15.9. The monoisotopic (exact) mass is 580 g/mol. The Morgan fingerprint density at radius 2 is 1.81 bits per heavy atom. The van der Waals surface area contributed by atoms with Crippen LogP contribution in [0.2, 0.25) is 0 Å². The van der Waals surface area contributed by atoms with E-state index in [-0.39, 0.29) is 29.6 Å². The molecule has 3 N–H and O–H groups in total. The minimum absolute atomic E-state index is 0.0670. The fourth-order valence-electron chi connectivity index (χ4n) is 6.65. The maximum Gasteiger partial charge on any atom is 0.237 e. The lowest BCUT2D eigenvalue weighted by atomic mass is 9.87. The number of benzene rings is 1. The number of amides is 1. The van der Waals surface area contributed by atoms with E-state index < -0.39 is 12.1 Å². The summed E-state index contributed by atoms with van der Waals surface area (Å²) in [6.07, 6.45) is 8.20. The third-order valence-corrected chi connectivity index (χ3v) is 9.60. The normalized spacial score (nSPS) is 23.6. The van der Waals surface area contributed by atoms with Crippen molar-refractivity contribution in [1.82, 2.24) is 15.3 Å². The number of fused-ring (bicyclic) bond motifs is 2. The second-order valence-electron chi connectivity index (χ2n) is 14.1. The van der Waals surface area contributed by atoms with Gasteiger partial charge < -0.3 is 25.3 Å². The van der Waals surface area contributed by atoms with Gasteiger partial charge >= 0.3 is 0 Å². The van der Waals surface area contributed by atoms with Crippen molar-refractivity contribution in [2.75, 3.05) is 13.7 Å². The molecule has 2 aromatic rings. The van der Waals surface area contributed by atoms with Crippen LogP contribution in [0.3, 0.4) is 0 Å². The molecule has 0 radical (unpaired) electrons. The SMILES string of the molecule is COc1ccc2nc(CCCCC[C@@H]3C[C@@H]4[C@H](C)[C@@H]4C3)c(OC(CNC(=O)C(N)C(C)(C)C)[C@@H](C)CC(C)=O)nc2c1. The number of ketones is 1. The molecule has 0 spiro atoms. The highest BCUT2D eigenvalue weighted by Crippen LogP contribution is 2.60. The van der Waals surface area contributed by atoms with Crippen molar-refractivity contribution in [2.24, 2.45) is 40.7 Å². The second kappa shape index (κ2) is 13.7. The van der Waals surface area contributed by atoms with E-state index in [0.29, 0.717) is 23.6 Å². The highest BCUT2D eigenvalue weighted by molar-refractivity contribution is 5.82. The number of aryl methyl sites for hydroxylation is 1. The van der Waals surface area contributed by atoms with Crippen LogP contribution in [0.5, 0.6) is 11.6 Å². The van der Waals surface area contributed by atoms with E-state index in [9.17, 15) is 9.59 Å². The number of methoxy groups -OCH3 is 1. The summed E-state index contributed by atoms with van der Waals surface area (Å²) in [6.45, 7) is 12.0. The van der Waals surface area contributed by atoms with Gasteiger partial charge in [0.25, 0.3) is 0 Å². The zero-order valence-corrected chi connectivity index (χ0v) is 26.7. The van der Waals surface area contributed by atoms with Crippen LogP contribution in [0.25, 0.3) is 11.0 Å². The maximum atomic E-state index is 12.8. The molecule has 2 fully saturated rings. The van der Waals surface area contributed by atoms with Crippen LogP contribution in [0.15, 0.2) is 18.2 Å². The van der Waals surface area contributed by atoms with Crippen LogP contribution in [0.4, 0.5) is 0 Å². The van der Waals surface area contributed by atoms with E-state index in [1.807, 2.05) is 45.9 Å². The number of nitrogens with one attached hydrogen (secondary N) is 1. The maximum absolute atomic E-state index is 12.8. The summed E-state index contributed by atoms with van der Waals surface area (Å²) < 4.78 is 12.0. The summed E-state index contributed by atoms with van der Waals surface area (Å²) in [7, 11) is 1.63. The molecular weight excluding hydrogens is 528 g/mol. The van der Waals surface area contributed by atoms with Gasteiger partial charge in [0.2, 0.25) is 11.8 Å². The van der Waals surface area contributed by atoms with E-state index >= 15 is 0 Å². The number of hydrogen-bond acceptors (Lipinski definition) is 7. The molecule has 232 valence electrons. The van der Waals surface area contributed by atoms with Crippen molar-refractivity contribution >= 4 is 22.7 Å². The van der Waals surface area contributed by atoms with Crippen molar-refractivity contribution in [3.8, 4) is 11.6 Å². The van der Waals surface area contributed by atoms with Crippen molar-refractivity contribution in [3.63, 3.8) is 0 Å². The van der Waals surface area contributed by atoms with Gasteiger partial charge in [-0.25, -0.2) is 9.97 Å². The van der Waals surface area contributed by atoms with Crippen LogP contribution >= 0.6 is 0 Å². The molecule has 42 heavy (non-hydrogen) atoms. The second-order valence-corrected chi connectivity index (χ2v) is 14.1. The third kappa shape index (κ3) is 8.21. The molecule has 2 saturated carbocycles. The zero-order valence-electron chi connectivity index (χ0n) is 26.7. The Morgan fingerprint density at radius 1 is 1.10 bits per heavy atom. The molecule has 2 aliphatic carbocycles. The summed E-state index contributed by atoms with van der Waals surface area (Å²) in [5, 5.41) is 2.97. The molecule has 7 atom stereocenters. The molecule has 4 rings (SSSR count). The standard InChI is InChI=1S/C34H52N4O4/c1-20(15-21(2)39)30(19-36-32(40)31(35)34(4,5)6)42-33-28(37-27-14-13-24(41-7)18-29(27)38-33)12-10-8-9-11-23-16-25-22(3)26(25)17-23/h13-14,18,20,22-23,25-26,30-31H,8-12,15-17,19,35H2,1-7H3,(H,36,40)/t20-,22-,23+,25+,26-,30?,31?/m0/s1. The number of aromatic nitrogens is 2. The minimum atomic E-state index is -0.664. The van der Waals surface area contributed by atoms with Gasteiger partial charge in [-0.05, 0) is 73.8 Å². The molecule has 8 nitrogen and oxygen atoms in total. The molecule has 1 heterocycles. The van der Waals surface area contributed by atoms with E-state index in [4.69, 9.17) is 25.2 Å². The number of nitrogens with two attached hydrogens (primary N) is 1. The Hall–Kier alpha value is -2.74. The third-order valence-electron chi connectivity index (χ3n) is 9.60.